The minimum atomic E-state index is -3.91. The van der Waals surface area contributed by atoms with E-state index in [1.54, 1.807) is 19.9 Å². The number of hydrogen-bond acceptors (Lipinski definition) is 6. The zero-order valence-electron chi connectivity index (χ0n) is 12.1. The predicted molar refractivity (Wildman–Crippen MR) is 89.4 cm³/mol. The first-order chi connectivity index (χ1) is 10.8. The third-order valence-corrected chi connectivity index (χ3v) is 7.14. The summed E-state index contributed by atoms with van der Waals surface area (Å²) in [5, 5.41) is 0.136. The highest BCUT2D eigenvalue weighted by atomic mass is 32.2. The first-order valence-electron chi connectivity index (χ1n) is 6.62. The maximum Gasteiger partial charge on any atom is 0.306 e. The number of anilines is 1. The first-order valence-corrected chi connectivity index (χ1v) is 9.74. The van der Waals surface area contributed by atoms with Crippen LogP contribution in [0.2, 0.25) is 0 Å². The zero-order chi connectivity index (χ0) is 16.8. The Morgan fingerprint density at radius 3 is 2.78 bits per heavy atom. The van der Waals surface area contributed by atoms with Gasteiger partial charge in [0, 0.05) is 11.3 Å². The smallest absolute Gasteiger partial charge is 0.306 e. The molecule has 6 nitrogen and oxygen atoms in total. The van der Waals surface area contributed by atoms with Crippen molar-refractivity contribution in [1.29, 1.82) is 0 Å². The summed E-state index contributed by atoms with van der Waals surface area (Å²) in [5.74, 6) is -0.394. The molecule has 2 N–H and O–H groups in total. The van der Waals surface area contributed by atoms with Gasteiger partial charge in [0.25, 0.3) is 10.0 Å². The summed E-state index contributed by atoms with van der Waals surface area (Å²) in [7, 11) is -3.91. The van der Waals surface area contributed by atoms with Crippen LogP contribution in [-0.2, 0) is 16.4 Å². The third-order valence-electron chi connectivity index (χ3n) is 3.25. The van der Waals surface area contributed by atoms with Crippen LogP contribution in [0.1, 0.15) is 18.2 Å². The second-order valence-corrected chi connectivity index (χ2v) is 8.67. The summed E-state index contributed by atoms with van der Waals surface area (Å²) >= 11 is 1.74. The Bertz CT molecular complexity index is 1050. The monoisotopic (exact) mass is 373 g/mol. The summed E-state index contributed by atoms with van der Waals surface area (Å²) in [6.07, 6.45) is 0.388. The average molecular weight is 373 g/mol. The molecular weight excluding hydrogens is 361 g/mol. The number of nitrogens with zero attached hydrogens (tertiary/aromatic N) is 1. The number of fused-ring (bicyclic) bond motifs is 1. The number of thiazole rings is 2. The number of aryl methyl sites for hydroxylation is 2. The second-order valence-electron chi connectivity index (χ2n) is 4.78. The minimum absolute atomic E-state index is 0.0489. The molecule has 0 bridgehead atoms. The Labute approximate surface area is 139 Å². The van der Waals surface area contributed by atoms with Crippen LogP contribution in [0, 0.1) is 12.7 Å². The Kier molecular flexibility index (Phi) is 3.98. The standard InChI is InChI=1S/C13H12FN3O3S3/c1-3-8-11(22-13(18)15-8)23(19,20)17-12-16-10-6(2)7(14)4-5-9(10)21-12/h4-5H,3H2,1-2H3,(H,15,18)(H,16,17). The molecule has 2 aromatic heterocycles. The van der Waals surface area contributed by atoms with E-state index in [0.29, 0.717) is 39.2 Å². The summed E-state index contributed by atoms with van der Waals surface area (Å²) in [6.45, 7) is 3.34. The Morgan fingerprint density at radius 1 is 1.35 bits per heavy atom. The van der Waals surface area contributed by atoms with Crippen LogP contribution in [0.4, 0.5) is 9.52 Å². The lowest BCUT2D eigenvalue weighted by Crippen LogP contribution is -2.13. The summed E-state index contributed by atoms with van der Waals surface area (Å²) in [6, 6.07) is 2.88. The van der Waals surface area contributed by atoms with Gasteiger partial charge in [-0.2, -0.15) is 0 Å². The second kappa shape index (κ2) is 5.69. The van der Waals surface area contributed by atoms with Crippen molar-refractivity contribution in [2.24, 2.45) is 0 Å². The minimum Gasteiger partial charge on any atom is -0.315 e. The van der Waals surface area contributed by atoms with Crippen molar-refractivity contribution in [2.75, 3.05) is 4.72 Å². The van der Waals surface area contributed by atoms with Gasteiger partial charge in [0.1, 0.15) is 5.82 Å². The molecule has 0 atom stereocenters. The van der Waals surface area contributed by atoms with E-state index in [1.807, 2.05) is 0 Å². The first kappa shape index (κ1) is 16.1. The van der Waals surface area contributed by atoms with Gasteiger partial charge >= 0.3 is 4.87 Å². The van der Waals surface area contributed by atoms with Gasteiger partial charge in [-0.25, -0.2) is 17.8 Å². The van der Waals surface area contributed by atoms with Crippen molar-refractivity contribution in [3.63, 3.8) is 0 Å². The van der Waals surface area contributed by atoms with Gasteiger partial charge in [0.05, 0.1) is 10.2 Å². The lowest BCUT2D eigenvalue weighted by molar-refractivity contribution is 0.602. The lowest BCUT2D eigenvalue weighted by Gasteiger charge is -2.03. The molecule has 0 saturated heterocycles. The molecule has 0 saturated carbocycles. The molecule has 0 fully saturated rings. The zero-order valence-corrected chi connectivity index (χ0v) is 14.6. The lowest BCUT2D eigenvalue weighted by atomic mass is 10.2. The number of hydrogen-bond donors (Lipinski definition) is 2. The SMILES string of the molecule is CCc1[nH]c(=O)sc1S(=O)(=O)Nc1nc2c(C)c(F)ccc2s1. The summed E-state index contributed by atoms with van der Waals surface area (Å²) < 4.78 is 41.5. The van der Waals surface area contributed by atoms with Gasteiger partial charge in [0.2, 0.25) is 0 Å². The summed E-state index contributed by atoms with van der Waals surface area (Å²) in [5.41, 5.74) is 1.14. The van der Waals surface area contributed by atoms with Crippen LogP contribution in [0.15, 0.2) is 21.1 Å². The summed E-state index contributed by atoms with van der Waals surface area (Å²) in [4.78, 5) is 17.6. The molecule has 0 spiro atoms. The normalized spacial score (nSPS) is 12.0. The maximum absolute atomic E-state index is 13.6. The van der Waals surface area contributed by atoms with E-state index >= 15 is 0 Å². The van der Waals surface area contributed by atoms with Crippen LogP contribution in [-0.4, -0.2) is 18.4 Å². The molecule has 3 aromatic rings. The molecule has 10 heteroatoms. The number of nitrogens with one attached hydrogen (secondary N) is 2. The van der Waals surface area contributed by atoms with Gasteiger partial charge in [-0.3, -0.25) is 9.52 Å². The maximum atomic E-state index is 13.6. The average Bonchev–Trinajstić information content (AvgIpc) is 3.06. The highest BCUT2D eigenvalue weighted by Crippen LogP contribution is 2.31. The fourth-order valence-corrected chi connectivity index (χ4v) is 5.71. The molecule has 0 aliphatic carbocycles. The molecule has 0 radical (unpaired) electrons. The third kappa shape index (κ3) is 2.89. The fourth-order valence-electron chi connectivity index (χ4n) is 2.10. The Morgan fingerprint density at radius 2 is 2.09 bits per heavy atom. The Hall–Kier alpha value is -1.78. The predicted octanol–water partition coefficient (Wildman–Crippen LogP) is 2.86. The Balaban J connectivity index is 2.04. The molecule has 0 amide bonds. The van der Waals surface area contributed by atoms with Crippen molar-refractivity contribution in [2.45, 2.75) is 24.5 Å². The van der Waals surface area contributed by atoms with E-state index in [0.717, 1.165) is 11.3 Å². The van der Waals surface area contributed by atoms with Gasteiger partial charge in [-0.15, -0.1) is 0 Å². The molecule has 2 heterocycles. The van der Waals surface area contributed by atoms with E-state index in [-0.39, 0.29) is 9.34 Å². The number of H-pyrrole nitrogens is 1. The van der Waals surface area contributed by atoms with Crippen LogP contribution in [0.5, 0.6) is 0 Å². The van der Waals surface area contributed by atoms with E-state index < -0.39 is 20.7 Å². The van der Waals surface area contributed by atoms with Crippen LogP contribution < -0.4 is 9.60 Å². The van der Waals surface area contributed by atoms with Crippen molar-refractivity contribution < 1.29 is 12.8 Å². The number of aromatic amines is 1. The van der Waals surface area contributed by atoms with E-state index in [1.165, 1.54) is 6.07 Å². The van der Waals surface area contributed by atoms with Gasteiger partial charge < -0.3 is 4.98 Å². The number of sulfonamides is 1. The fraction of sp³-hybridized carbons (Fsp3) is 0.231. The van der Waals surface area contributed by atoms with Gasteiger partial charge in [0.15, 0.2) is 9.34 Å². The topological polar surface area (TPSA) is 91.9 Å². The van der Waals surface area contributed by atoms with Crippen LogP contribution >= 0.6 is 22.7 Å². The largest absolute Gasteiger partial charge is 0.315 e. The molecule has 122 valence electrons. The number of aromatic nitrogens is 2. The van der Waals surface area contributed by atoms with Crippen molar-refractivity contribution >= 4 is 48.0 Å². The number of halogens is 1. The molecule has 0 aliphatic rings. The number of rotatable bonds is 4. The molecule has 23 heavy (non-hydrogen) atoms. The highest BCUT2D eigenvalue weighted by Gasteiger charge is 2.23. The van der Waals surface area contributed by atoms with Crippen molar-refractivity contribution in [3.8, 4) is 0 Å². The molecule has 3 rings (SSSR count). The van der Waals surface area contributed by atoms with E-state index in [9.17, 15) is 17.6 Å². The van der Waals surface area contributed by atoms with Crippen LogP contribution in [0.25, 0.3) is 10.2 Å². The molecular formula is C13H12FN3O3S3. The quantitative estimate of drug-likeness (QED) is 0.735. The van der Waals surface area contributed by atoms with E-state index in [2.05, 4.69) is 14.7 Å². The molecule has 0 aliphatic heterocycles. The van der Waals surface area contributed by atoms with Crippen LogP contribution in [0.3, 0.4) is 0 Å². The van der Waals surface area contributed by atoms with Gasteiger partial charge in [-0.1, -0.05) is 29.6 Å². The van der Waals surface area contributed by atoms with Gasteiger partial charge in [-0.05, 0) is 25.5 Å². The van der Waals surface area contributed by atoms with Crippen molar-refractivity contribution in [1.82, 2.24) is 9.97 Å². The molecule has 1 aromatic carbocycles. The van der Waals surface area contributed by atoms with Crippen molar-refractivity contribution in [3.05, 3.63) is 38.9 Å². The molecule has 0 unspecified atom stereocenters. The number of benzene rings is 1. The van der Waals surface area contributed by atoms with E-state index in [4.69, 9.17) is 0 Å². The highest BCUT2D eigenvalue weighted by molar-refractivity contribution is 7.94.